The van der Waals surface area contributed by atoms with E-state index in [4.69, 9.17) is 15.6 Å². The van der Waals surface area contributed by atoms with E-state index >= 15 is 0 Å². The third-order valence-corrected chi connectivity index (χ3v) is 1.98. The third-order valence-electron chi connectivity index (χ3n) is 1.98. The highest BCUT2D eigenvalue weighted by atomic mass is 16.5. The Morgan fingerprint density at radius 3 is 3.19 bits per heavy atom. The number of anilines is 1. The summed E-state index contributed by atoms with van der Waals surface area (Å²) in [7, 11) is 0. The Kier molecular flexibility index (Phi) is 2.84. The number of rotatable bonds is 4. The van der Waals surface area contributed by atoms with E-state index in [1.54, 1.807) is 0 Å². The highest BCUT2D eigenvalue weighted by Crippen LogP contribution is 2.12. The topological polar surface area (TPSA) is 119 Å². The number of H-pyrrole nitrogens is 1. The van der Waals surface area contributed by atoms with Gasteiger partial charge in [-0.25, -0.2) is 9.78 Å². The molecule has 8 nitrogen and oxygen atoms in total. The van der Waals surface area contributed by atoms with Crippen LogP contribution >= 0.6 is 0 Å². The van der Waals surface area contributed by atoms with Crippen LogP contribution in [0, 0.1) is 0 Å². The number of hydrogen-bond donors (Lipinski definition) is 3. The van der Waals surface area contributed by atoms with Crippen LogP contribution in [-0.4, -0.2) is 37.8 Å². The fraction of sp³-hybridized carbons (Fsp3) is 0.375. The summed E-state index contributed by atoms with van der Waals surface area (Å²) in [6.07, 6.45) is 1.47. The first-order valence-corrected chi connectivity index (χ1v) is 4.61. The van der Waals surface area contributed by atoms with Crippen LogP contribution < -0.4 is 11.4 Å². The zero-order valence-corrected chi connectivity index (χ0v) is 8.38. The minimum atomic E-state index is -0.533. The summed E-state index contributed by atoms with van der Waals surface area (Å²) in [5, 5.41) is 8.56. The fourth-order valence-corrected chi connectivity index (χ4v) is 1.30. The summed E-state index contributed by atoms with van der Waals surface area (Å²) in [5.41, 5.74) is 5.82. The maximum absolute atomic E-state index is 11.1. The Balaban J connectivity index is 2.36. The lowest BCUT2D eigenvalue weighted by Gasteiger charge is -2.03. The first-order valence-electron chi connectivity index (χ1n) is 4.61. The average Bonchev–Trinajstić information content (AvgIpc) is 2.62. The van der Waals surface area contributed by atoms with E-state index in [1.807, 2.05) is 0 Å². The van der Waals surface area contributed by atoms with Crippen LogP contribution in [0.25, 0.3) is 11.2 Å². The van der Waals surface area contributed by atoms with Crippen LogP contribution in [0.3, 0.4) is 0 Å². The Bertz CT molecular complexity index is 546. The van der Waals surface area contributed by atoms with E-state index in [0.29, 0.717) is 11.2 Å². The van der Waals surface area contributed by atoms with Crippen LogP contribution in [0.15, 0.2) is 11.1 Å². The number of fused-ring (bicyclic) bond motifs is 1. The molecule has 0 amide bonds. The Labute approximate surface area is 89.7 Å². The molecule has 2 aromatic heterocycles. The molecule has 0 atom stereocenters. The number of nitrogen functional groups attached to an aromatic ring is 1. The number of nitrogens with zero attached hydrogens (tertiary/aromatic N) is 3. The molecule has 0 unspecified atom stereocenters. The molecular weight excluding hydrogens is 214 g/mol. The lowest BCUT2D eigenvalue weighted by Crippen LogP contribution is -2.14. The standard InChI is InChI=1S/C8H11N5O3/c9-6-5-7(12-8(15)11-6)13(3-10-5)4-16-2-1-14/h3,14H,1-2,4H2,(H3,9,11,12,15). The molecule has 2 rings (SSSR count). The second-order valence-corrected chi connectivity index (χ2v) is 3.10. The van der Waals surface area contributed by atoms with E-state index in [2.05, 4.69) is 15.0 Å². The average molecular weight is 225 g/mol. The van der Waals surface area contributed by atoms with E-state index in [0.717, 1.165) is 0 Å². The number of aromatic nitrogens is 4. The lowest BCUT2D eigenvalue weighted by atomic mass is 10.5. The summed E-state index contributed by atoms with van der Waals surface area (Å²) < 4.78 is 6.63. The summed E-state index contributed by atoms with van der Waals surface area (Å²) in [6, 6.07) is 0. The second-order valence-electron chi connectivity index (χ2n) is 3.10. The van der Waals surface area contributed by atoms with E-state index in [1.165, 1.54) is 10.9 Å². The van der Waals surface area contributed by atoms with Gasteiger partial charge in [-0.1, -0.05) is 0 Å². The number of nitrogens with two attached hydrogens (primary N) is 1. The largest absolute Gasteiger partial charge is 0.394 e. The maximum Gasteiger partial charge on any atom is 0.348 e. The van der Waals surface area contributed by atoms with Crippen molar-refractivity contribution in [2.45, 2.75) is 6.73 Å². The van der Waals surface area contributed by atoms with Crippen molar-refractivity contribution in [2.75, 3.05) is 18.9 Å². The number of aliphatic hydroxyl groups excluding tert-OH is 1. The van der Waals surface area contributed by atoms with Crippen molar-refractivity contribution in [3.8, 4) is 0 Å². The van der Waals surface area contributed by atoms with Crippen LogP contribution in [0.1, 0.15) is 0 Å². The van der Waals surface area contributed by atoms with Gasteiger partial charge in [-0.05, 0) is 0 Å². The maximum atomic E-state index is 11.1. The Hall–Kier alpha value is -1.93. The molecule has 8 heteroatoms. The van der Waals surface area contributed by atoms with Gasteiger partial charge < -0.3 is 15.6 Å². The van der Waals surface area contributed by atoms with E-state index in [-0.39, 0.29) is 25.8 Å². The summed E-state index contributed by atoms with van der Waals surface area (Å²) in [6.45, 7) is 0.300. The SMILES string of the molecule is Nc1[nH]c(=O)nc2c1ncn2COCCO. The zero-order chi connectivity index (χ0) is 11.5. The molecule has 86 valence electrons. The summed E-state index contributed by atoms with van der Waals surface area (Å²) in [5.74, 6) is 0.177. The third kappa shape index (κ3) is 1.88. The first-order chi connectivity index (χ1) is 7.72. The molecule has 0 bridgehead atoms. The predicted molar refractivity (Wildman–Crippen MR) is 55.6 cm³/mol. The van der Waals surface area contributed by atoms with Gasteiger partial charge in [0.2, 0.25) is 0 Å². The van der Waals surface area contributed by atoms with Gasteiger partial charge in [0.1, 0.15) is 18.1 Å². The lowest BCUT2D eigenvalue weighted by molar-refractivity contribution is 0.0499. The molecule has 4 N–H and O–H groups in total. The molecule has 0 saturated carbocycles. The van der Waals surface area contributed by atoms with Crippen molar-refractivity contribution in [3.63, 3.8) is 0 Å². The van der Waals surface area contributed by atoms with Crippen molar-refractivity contribution >= 4 is 17.0 Å². The molecule has 16 heavy (non-hydrogen) atoms. The molecule has 0 saturated heterocycles. The molecule has 2 aromatic rings. The van der Waals surface area contributed by atoms with Crippen LogP contribution in [0.2, 0.25) is 0 Å². The minimum Gasteiger partial charge on any atom is -0.394 e. The number of nitrogens with one attached hydrogen (secondary N) is 1. The van der Waals surface area contributed by atoms with Crippen molar-refractivity contribution in [1.82, 2.24) is 19.5 Å². The molecule has 0 radical (unpaired) electrons. The van der Waals surface area contributed by atoms with Crippen molar-refractivity contribution in [3.05, 3.63) is 16.8 Å². The van der Waals surface area contributed by atoms with Gasteiger partial charge in [-0.2, -0.15) is 4.98 Å². The van der Waals surface area contributed by atoms with Gasteiger partial charge in [0.15, 0.2) is 5.65 Å². The molecule has 0 fully saturated rings. The van der Waals surface area contributed by atoms with Gasteiger partial charge in [0, 0.05) is 0 Å². The quantitative estimate of drug-likeness (QED) is 0.554. The molecule has 0 spiro atoms. The van der Waals surface area contributed by atoms with E-state index in [9.17, 15) is 4.79 Å². The van der Waals surface area contributed by atoms with Crippen LogP contribution in [0.5, 0.6) is 0 Å². The Morgan fingerprint density at radius 1 is 1.62 bits per heavy atom. The smallest absolute Gasteiger partial charge is 0.348 e. The summed E-state index contributed by atoms with van der Waals surface area (Å²) >= 11 is 0. The first kappa shape index (κ1) is 10.6. The molecule has 0 aliphatic carbocycles. The second kappa shape index (κ2) is 4.29. The van der Waals surface area contributed by atoms with Crippen molar-refractivity contribution in [2.24, 2.45) is 0 Å². The van der Waals surface area contributed by atoms with Gasteiger partial charge in [0.05, 0.1) is 19.5 Å². The number of imidazole rings is 1. The number of ether oxygens (including phenoxy) is 1. The number of aliphatic hydroxyl groups is 1. The predicted octanol–water partition coefficient (Wildman–Crippen LogP) is -1.33. The normalized spacial score (nSPS) is 11.1. The van der Waals surface area contributed by atoms with Crippen LogP contribution in [-0.2, 0) is 11.5 Å². The molecular formula is C8H11N5O3. The molecule has 2 heterocycles. The minimum absolute atomic E-state index is 0.0667. The molecule has 0 aliphatic heterocycles. The van der Waals surface area contributed by atoms with Gasteiger partial charge >= 0.3 is 5.69 Å². The molecule has 0 aliphatic rings. The van der Waals surface area contributed by atoms with Gasteiger partial charge in [0.25, 0.3) is 0 Å². The monoisotopic (exact) mass is 225 g/mol. The van der Waals surface area contributed by atoms with Crippen LogP contribution in [0.4, 0.5) is 5.82 Å². The molecule has 0 aromatic carbocycles. The van der Waals surface area contributed by atoms with E-state index < -0.39 is 5.69 Å². The fourth-order valence-electron chi connectivity index (χ4n) is 1.30. The Morgan fingerprint density at radius 2 is 2.44 bits per heavy atom. The summed E-state index contributed by atoms with van der Waals surface area (Å²) in [4.78, 5) is 21.2. The number of hydrogen-bond acceptors (Lipinski definition) is 6. The van der Waals surface area contributed by atoms with Crippen molar-refractivity contribution < 1.29 is 9.84 Å². The van der Waals surface area contributed by atoms with Crippen molar-refractivity contribution in [1.29, 1.82) is 0 Å². The van der Waals surface area contributed by atoms with Gasteiger partial charge in [-0.3, -0.25) is 9.55 Å². The highest BCUT2D eigenvalue weighted by molar-refractivity contribution is 5.80. The zero-order valence-electron chi connectivity index (χ0n) is 8.38. The number of aromatic amines is 1. The van der Waals surface area contributed by atoms with Gasteiger partial charge in [-0.15, -0.1) is 0 Å². The highest BCUT2D eigenvalue weighted by Gasteiger charge is 2.08.